The molecule has 2 N–H and O–H groups in total. The molecular formula is C13H13BrCl2N2O3. The van der Waals surface area contributed by atoms with E-state index >= 15 is 0 Å². The van der Waals surface area contributed by atoms with E-state index < -0.39 is 18.0 Å². The van der Waals surface area contributed by atoms with E-state index in [2.05, 4.69) is 21.2 Å². The Morgan fingerprint density at radius 2 is 1.95 bits per heavy atom. The standard InChI is InChI=1S/C13H13BrCl2N2O3/c1-6-2-3-18(11(6)12(19)20)13(21)17-10-8(15)4-7(14)5-9(10)16/h4-6,11H,2-3H2,1H3,(H,17,21)(H,19,20). The molecule has 0 radical (unpaired) electrons. The zero-order valence-corrected chi connectivity index (χ0v) is 14.2. The summed E-state index contributed by atoms with van der Waals surface area (Å²) in [6, 6.07) is 1.85. The largest absolute Gasteiger partial charge is 0.480 e. The minimum absolute atomic E-state index is 0.0934. The maximum atomic E-state index is 12.3. The third-order valence-electron chi connectivity index (χ3n) is 3.45. The predicted octanol–water partition coefficient (Wildman–Crippen LogP) is 4.08. The van der Waals surface area contributed by atoms with Crippen LogP contribution in [0, 0.1) is 5.92 Å². The molecule has 2 atom stereocenters. The number of hydrogen-bond acceptors (Lipinski definition) is 2. The quantitative estimate of drug-likeness (QED) is 0.792. The number of carbonyl (C=O) groups is 2. The Hall–Kier alpha value is -0.980. The van der Waals surface area contributed by atoms with Crippen molar-refractivity contribution in [3.8, 4) is 0 Å². The van der Waals surface area contributed by atoms with E-state index in [-0.39, 0.29) is 21.7 Å². The molecule has 114 valence electrons. The summed E-state index contributed by atoms with van der Waals surface area (Å²) in [7, 11) is 0. The minimum Gasteiger partial charge on any atom is -0.480 e. The molecule has 5 nitrogen and oxygen atoms in total. The van der Waals surface area contributed by atoms with Crippen LogP contribution in [0.1, 0.15) is 13.3 Å². The van der Waals surface area contributed by atoms with Gasteiger partial charge in [-0.3, -0.25) is 0 Å². The van der Waals surface area contributed by atoms with Crippen LogP contribution in [0.3, 0.4) is 0 Å². The number of rotatable bonds is 2. The van der Waals surface area contributed by atoms with Crippen molar-refractivity contribution in [3.05, 3.63) is 26.7 Å². The van der Waals surface area contributed by atoms with E-state index in [9.17, 15) is 14.7 Å². The molecule has 0 aromatic heterocycles. The Morgan fingerprint density at radius 1 is 1.38 bits per heavy atom. The molecule has 1 fully saturated rings. The lowest BCUT2D eigenvalue weighted by Crippen LogP contribution is -2.44. The van der Waals surface area contributed by atoms with Crippen molar-refractivity contribution in [3.63, 3.8) is 0 Å². The van der Waals surface area contributed by atoms with Crippen molar-refractivity contribution in [2.45, 2.75) is 19.4 Å². The van der Waals surface area contributed by atoms with Crippen LogP contribution >= 0.6 is 39.1 Å². The second kappa shape index (κ2) is 6.42. The average Bonchev–Trinajstić information content (AvgIpc) is 2.75. The van der Waals surface area contributed by atoms with Crippen LogP contribution < -0.4 is 5.32 Å². The summed E-state index contributed by atoms with van der Waals surface area (Å²) in [6.07, 6.45) is 0.645. The summed E-state index contributed by atoms with van der Waals surface area (Å²) in [4.78, 5) is 24.9. The predicted molar refractivity (Wildman–Crippen MR) is 85.1 cm³/mol. The van der Waals surface area contributed by atoms with E-state index in [4.69, 9.17) is 23.2 Å². The molecule has 1 aromatic carbocycles. The van der Waals surface area contributed by atoms with Crippen LogP contribution in [0.5, 0.6) is 0 Å². The zero-order chi connectivity index (χ0) is 15.7. The number of anilines is 1. The van der Waals surface area contributed by atoms with Gasteiger partial charge in [-0.25, -0.2) is 9.59 Å². The fourth-order valence-corrected chi connectivity index (χ4v) is 3.69. The lowest BCUT2D eigenvalue weighted by molar-refractivity contribution is -0.142. The molecule has 2 rings (SSSR count). The first-order chi connectivity index (χ1) is 9.81. The number of nitrogens with one attached hydrogen (secondary N) is 1. The second-order valence-electron chi connectivity index (χ2n) is 4.92. The van der Waals surface area contributed by atoms with Gasteiger partial charge in [-0.15, -0.1) is 0 Å². The van der Waals surface area contributed by atoms with Crippen LogP contribution in [-0.4, -0.2) is 34.6 Å². The zero-order valence-electron chi connectivity index (χ0n) is 11.1. The van der Waals surface area contributed by atoms with Crippen molar-refractivity contribution in [2.24, 2.45) is 5.92 Å². The van der Waals surface area contributed by atoms with Gasteiger partial charge in [0.05, 0.1) is 15.7 Å². The molecule has 0 bridgehead atoms. The highest BCUT2D eigenvalue weighted by Gasteiger charge is 2.39. The number of benzene rings is 1. The molecule has 0 saturated carbocycles. The molecule has 1 saturated heterocycles. The summed E-state index contributed by atoms with van der Waals surface area (Å²) in [5.41, 5.74) is 0.273. The lowest BCUT2D eigenvalue weighted by Gasteiger charge is -2.24. The number of urea groups is 1. The van der Waals surface area contributed by atoms with Gasteiger partial charge < -0.3 is 15.3 Å². The van der Waals surface area contributed by atoms with Crippen LogP contribution in [0.2, 0.25) is 10.0 Å². The Bertz CT molecular complexity index is 574. The highest BCUT2D eigenvalue weighted by molar-refractivity contribution is 9.10. The number of amides is 2. The Balaban J connectivity index is 2.21. The molecule has 8 heteroatoms. The van der Waals surface area contributed by atoms with Gasteiger partial charge in [0, 0.05) is 11.0 Å². The number of carboxylic acid groups (broad SMARTS) is 1. The molecule has 2 amide bonds. The Kier molecular flexibility index (Phi) is 5.01. The van der Waals surface area contributed by atoms with Gasteiger partial charge in [-0.1, -0.05) is 46.1 Å². The molecule has 1 aliphatic heterocycles. The van der Waals surface area contributed by atoms with Crippen LogP contribution in [-0.2, 0) is 4.79 Å². The smallest absolute Gasteiger partial charge is 0.326 e. The lowest BCUT2D eigenvalue weighted by atomic mass is 10.0. The highest BCUT2D eigenvalue weighted by atomic mass is 79.9. The molecule has 21 heavy (non-hydrogen) atoms. The van der Waals surface area contributed by atoms with Gasteiger partial charge in [0.1, 0.15) is 6.04 Å². The molecular weight excluding hydrogens is 383 g/mol. The van der Waals surface area contributed by atoms with Crippen LogP contribution in [0.25, 0.3) is 0 Å². The Morgan fingerprint density at radius 3 is 2.48 bits per heavy atom. The summed E-state index contributed by atoms with van der Waals surface area (Å²) in [5, 5.41) is 12.4. The van der Waals surface area contributed by atoms with Crippen LogP contribution in [0.15, 0.2) is 16.6 Å². The van der Waals surface area contributed by atoms with Gasteiger partial charge in [0.25, 0.3) is 0 Å². The second-order valence-corrected chi connectivity index (χ2v) is 6.65. The Labute approximate surface area is 140 Å². The molecule has 2 unspecified atom stereocenters. The van der Waals surface area contributed by atoms with E-state index in [1.165, 1.54) is 4.90 Å². The van der Waals surface area contributed by atoms with E-state index in [1.807, 2.05) is 6.92 Å². The first-order valence-corrected chi connectivity index (χ1v) is 7.81. The van der Waals surface area contributed by atoms with Crippen molar-refractivity contribution in [1.29, 1.82) is 0 Å². The minimum atomic E-state index is -1.01. The molecule has 1 heterocycles. The highest BCUT2D eigenvalue weighted by Crippen LogP contribution is 2.34. The van der Waals surface area contributed by atoms with Gasteiger partial charge >= 0.3 is 12.0 Å². The number of carbonyl (C=O) groups excluding carboxylic acids is 1. The van der Waals surface area contributed by atoms with Crippen LogP contribution in [0.4, 0.5) is 10.5 Å². The average molecular weight is 396 g/mol. The number of nitrogens with zero attached hydrogens (tertiary/aromatic N) is 1. The summed E-state index contributed by atoms with van der Waals surface area (Å²) < 4.78 is 0.689. The SMILES string of the molecule is CC1CCN(C(=O)Nc2c(Cl)cc(Br)cc2Cl)C1C(=O)O. The maximum Gasteiger partial charge on any atom is 0.326 e. The first-order valence-electron chi connectivity index (χ1n) is 6.26. The fraction of sp³-hybridized carbons (Fsp3) is 0.385. The van der Waals surface area contributed by atoms with E-state index in [0.29, 0.717) is 17.4 Å². The molecule has 0 spiro atoms. The molecule has 1 aromatic rings. The monoisotopic (exact) mass is 394 g/mol. The van der Waals surface area contributed by atoms with E-state index in [1.54, 1.807) is 12.1 Å². The normalized spacial score (nSPS) is 21.4. The number of aliphatic carboxylic acids is 1. The summed E-state index contributed by atoms with van der Waals surface area (Å²) >= 11 is 15.3. The third kappa shape index (κ3) is 3.44. The molecule has 0 aliphatic carbocycles. The van der Waals surface area contributed by atoms with E-state index in [0.717, 1.165) is 0 Å². The fourth-order valence-electron chi connectivity index (χ4n) is 2.39. The van der Waals surface area contributed by atoms with Gasteiger partial charge in [-0.2, -0.15) is 0 Å². The number of halogens is 3. The van der Waals surface area contributed by atoms with Gasteiger partial charge in [-0.05, 0) is 24.5 Å². The first kappa shape index (κ1) is 16.4. The summed E-state index contributed by atoms with van der Waals surface area (Å²) in [6.45, 7) is 2.20. The number of carboxylic acids is 1. The van der Waals surface area contributed by atoms with Crippen molar-refractivity contribution in [2.75, 3.05) is 11.9 Å². The third-order valence-corrected chi connectivity index (χ3v) is 4.51. The number of hydrogen-bond donors (Lipinski definition) is 2. The van der Waals surface area contributed by atoms with Crippen molar-refractivity contribution < 1.29 is 14.7 Å². The maximum absolute atomic E-state index is 12.3. The van der Waals surface area contributed by atoms with Gasteiger partial charge in [0.15, 0.2) is 0 Å². The van der Waals surface area contributed by atoms with Gasteiger partial charge in [0.2, 0.25) is 0 Å². The van der Waals surface area contributed by atoms with Crippen molar-refractivity contribution in [1.82, 2.24) is 4.90 Å². The summed E-state index contributed by atoms with van der Waals surface area (Å²) in [5.74, 6) is -1.10. The topological polar surface area (TPSA) is 69.6 Å². The molecule has 1 aliphatic rings. The van der Waals surface area contributed by atoms with Crippen molar-refractivity contribution >= 4 is 56.8 Å². The number of likely N-dealkylation sites (tertiary alicyclic amines) is 1.